The number of carbonyl (C=O) groups excluding carboxylic acids is 2. The van der Waals surface area contributed by atoms with Gasteiger partial charge in [0.2, 0.25) is 17.6 Å². The van der Waals surface area contributed by atoms with Crippen molar-refractivity contribution in [3.8, 4) is 22.8 Å². The van der Waals surface area contributed by atoms with Crippen molar-refractivity contribution in [2.45, 2.75) is 52.7 Å². The van der Waals surface area contributed by atoms with Crippen molar-refractivity contribution in [3.05, 3.63) is 89.8 Å². The van der Waals surface area contributed by atoms with Crippen molar-refractivity contribution in [2.75, 3.05) is 64.2 Å². The highest BCUT2D eigenvalue weighted by atomic mass is 31.0. The number of aromatic nitrogens is 5. The summed E-state index contributed by atoms with van der Waals surface area (Å²) in [4.78, 5) is 49.3. The van der Waals surface area contributed by atoms with Gasteiger partial charge in [-0.3, -0.25) is 9.59 Å². The number of allylic oxidation sites excluding steroid dienone is 1. The number of carbonyl (C=O) groups is 2. The molecule has 3 unspecified atom stereocenters. The number of methoxy groups -OCH3 is 1. The number of halogens is 1. The number of hydrogen-bond donors (Lipinski definition) is 0. The van der Waals surface area contributed by atoms with Crippen LogP contribution >= 0.6 is 9.24 Å². The Labute approximate surface area is 335 Å². The Morgan fingerprint density at radius 3 is 2.53 bits per heavy atom. The molecule has 0 radical (unpaired) electrons. The average molecular weight is 796 g/mol. The number of anilines is 2. The van der Waals surface area contributed by atoms with Crippen molar-refractivity contribution >= 4 is 48.9 Å². The second-order valence-corrected chi connectivity index (χ2v) is 15.3. The fourth-order valence-corrected chi connectivity index (χ4v) is 7.37. The van der Waals surface area contributed by atoms with Crippen LogP contribution in [0.15, 0.2) is 67.0 Å². The van der Waals surface area contributed by atoms with Crippen molar-refractivity contribution in [2.24, 2.45) is 0 Å². The maximum atomic E-state index is 15.3. The number of fused-ring (bicyclic) bond motifs is 5. The molecule has 2 bridgehead atoms. The molecule has 0 fully saturated rings. The van der Waals surface area contributed by atoms with Gasteiger partial charge in [0, 0.05) is 52.1 Å². The second kappa shape index (κ2) is 17.4. The lowest BCUT2D eigenvalue weighted by Crippen LogP contribution is -2.47. The van der Waals surface area contributed by atoms with E-state index in [1.165, 1.54) is 11.0 Å². The van der Waals surface area contributed by atoms with Crippen LogP contribution in [0.2, 0.25) is 0 Å². The average Bonchev–Trinajstić information content (AvgIpc) is 3.61. The van der Waals surface area contributed by atoms with Crippen molar-refractivity contribution in [3.63, 3.8) is 0 Å². The lowest BCUT2D eigenvalue weighted by atomic mass is 9.99. The Morgan fingerprint density at radius 2 is 1.86 bits per heavy atom. The van der Waals surface area contributed by atoms with E-state index in [2.05, 4.69) is 15.8 Å². The molecule has 5 aromatic rings. The molecule has 3 aromatic heterocycles. The first kappa shape index (κ1) is 41.2. The molecular weight excluding hydrogens is 744 g/mol. The molecule has 2 aromatic carbocycles. The summed E-state index contributed by atoms with van der Waals surface area (Å²) in [5, 5.41) is 6.30. The van der Waals surface area contributed by atoms with E-state index in [1.54, 1.807) is 56.2 Å². The van der Waals surface area contributed by atoms with Gasteiger partial charge in [0.15, 0.2) is 5.65 Å². The molecule has 4 heterocycles. The number of ether oxygens (including phenoxy) is 2. The molecule has 13 nitrogen and oxygen atoms in total. The second-order valence-electron chi connectivity index (χ2n) is 14.6. The van der Waals surface area contributed by atoms with Crippen LogP contribution in [0, 0.1) is 12.7 Å². The molecule has 0 N–H and O–H groups in total. The number of benzene rings is 2. The van der Waals surface area contributed by atoms with E-state index in [-0.39, 0.29) is 37.2 Å². The fraction of sp³-hybridized carbons (Fsp3) is 0.381. The van der Waals surface area contributed by atoms with E-state index in [1.807, 2.05) is 67.8 Å². The molecule has 57 heavy (non-hydrogen) atoms. The zero-order chi connectivity index (χ0) is 41.1. The number of aryl methyl sites for hydroxylation is 2. The highest BCUT2D eigenvalue weighted by Crippen LogP contribution is 2.38. The number of likely N-dealkylation sites (N-methyl/N-ethyl adjacent to an activating group) is 1. The van der Waals surface area contributed by atoms with Gasteiger partial charge in [-0.25, -0.2) is 24.0 Å². The molecule has 300 valence electrons. The standard InChI is InChI=1S/C42H51FN9O4P/c1-10-27-18-28(43)19-32-34-13-12-14-36(45-34)56-29(11-2)22-50(24-37(53)49(8)21-30(55-9)23-51(25(3)4)38(27)32)40-33-20-44-52(35-16-15-31(57)17-26(35)5)41(33)47-39(46-40)42(54)48(6)7/h12-20,29-30H,3,10-11,21-24,57H2,1-2,4-9H3. The number of amides is 2. The van der Waals surface area contributed by atoms with Gasteiger partial charge < -0.3 is 29.1 Å². The van der Waals surface area contributed by atoms with Crippen LogP contribution in [0.5, 0.6) is 5.88 Å². The topological polar surface area (TPSA) is 122 Å². The van der Waals surface area contributed by atoms with E-state index in [0.717, 1.165) is 33.5 Å². The van der Waals surface area contributed by atoms with E-state index in [9.17, 15) is 9.59 Å². The molecule has 0 saturated heterocycles. The Balaban J connectivity index is 1.53. The summed E-state index contributed by atoms with van der Waals surface area (Å²) in [6, 6.07) is 14.4. The number of pyridine rings is 1. The third-order valence-corrected chi connectivity index (χ3v) is 10.5. The molecule has 1 aliphatic rings. The summed E-state index contributed by atoms with van der Waals surface area (Å²) in [6.45, 7) is 12.8. The van der Waals surface area contributed by atoms with Gasteiger partial charge in [-0.1, -0.05) is 32.6 Å². The predicted octanol–water partition coefficient (Wildman–Crippen LogP) is 5.58. The zero-order valence-corrected chi connectivity index (χ0v) is 35.1. The Hall–Kier alpha value is -5.46. The maximum absolute atomic E-state index is 15.3. The van der Waals surface area contributed by atoms with Crippen LogP contribution in [-0.4, -0.2) is 113 Å². The van der Waals surface area contributed by atoms with Gasteiger partial charge >= 0.3 is 0 Å². The van der Waals surface area contributed by atoms with Crippen molar-refractivity contribution in [1.29, 1.82) is 0 Å². The van der Waals surface area contributed by atoms with E-state index in [0.29, 0.717) is 53.4 Å². The van der Waals surface area contributed by atoms with Gasteiger partial charge in [-0.05, 0) is 73.5 Å². The minimum absolute atomic E-state index is 0.0440. The van der Waals surface area contributed by atoms with E-state index >= 15 is 4.39 Å². The normalized spacial score (nSPS) is 16.7. The van der Waals surface area contributed by atoms with Gasteiger partial charge in [0.05, 0.1) is 54.4 Å². The van der Waals surface area contributed by atoms with Gasteiger partial charge in [0.1, 0.15) is 17.7 Å². The summed E-state index contributed by atoms with van der Waals surface area (Å²) >= 11 is 0. The lowest BCUT2D eigenvalue weighted by molar-refractivity contribution is -0.129. The Kier molecular flexibility index (Phi) is 12.5. The monoisotopic (exact) mass is 795 g/mol. The largest absolute Gasteiger partial charge is 0.472 e. The summed E-state index contributed by atoms with van der Waals surface area (Å²) in [5.74, 6) is -0.359. The van der Waals surface area contributed by atoms with Crippen LogP contribution in [0.3, 0.4) is 0 Å². The molecule has 15 heteroatoms. The quantitative estimate of drug-likeness (QED) is 0.193. The molecule has 0 saturated carbocycles. The summed E-state index contributed by atoms with van der Waals surface area (Å²) in [5.41, 5.74) is 5.55. The fourth-order valence-electron chi connectivity index (χ4n) is 7.02. The minimum Gasteiger partial charge on any atom is -0.472 e. The number of hydrogen-bond acceptors (Lipinski definition) is 10. The first-order valence-electron chi connectivity index (χ1n) is 19.0. The van der Waals surface area contributed by atoms with Crippen LogP contribution in [0.1, 0.15) is 48.9 Å². The predicted molar refractivity (Wildman–Crippen MR) is 225 cm³/mol. The van der Waals surface area contributed by atoms with Gasteiger partial charge in [-0.2, -0.15) is 5.10 Å². The molecule has 2 amide bonds. The summed E-state index contributed by atoms with van der Waals surface area (Å²) in [6.07, 6.45) is 1.79. The number of nitrogens with zero attached hydrogens (tertiary/aromatic N) is 9. The highest BCUT2D eigenvalue weighted by Gasteiger charge is 2.30. The van der Waals surface area contributed by atoms with Crippen LogP contribution in [-0.2, 0) is 16.0 Å². The van der Waals surface area contributed by atoms with Crippen LogP contribution in [0.25, 0.3) is 28.0 Å². The molecule has 1 aliphatic heterocycles. The number of rotatable bonds is 7. The molecule has 6 rings (SSSR count). The lowest BCUT2D eigenvalue weighted by Gasteiger charge is -2.35. The first-order chi connectivity index (χ1) is 27.2. The third-order valence-electron chi connectivity index (χ3n) is 10.1. The van der Waals surface area contributed by atoms with Crippen molar-refractivity contribution < 1.29 is 23.5 Å². The molecule has 0 spiro atoms. The van der Waals surface area contributed by atoms with Gasteiger partial charge in [-0.15, -0.1) is 9.24 Å². The van der Waals surface area contributed by atoms with Crippen LogP contribution < -0.4 is 19.8 Å². The van der Waals surface area contributed by atoms with E-state index in [4.69, 9.17) is 29.5 Å². The van der Waals surface area contributed by atoms with E-state index < -0.39 is 18.1 Å². The SMILES string of the molecule is C=C(C)N1CC(OC)CN(C)C(=O)CN(c2nc(C(=O)N(C)C)nc3c2cnn3-c2ccc(P)cc2C)CC(CC)Oc2cccc(n2)-c2cc(F)cc(CC)c21. The van der Waals surface area contributed by atoms with Crippen LogP contribution in [0.4, 0.5) is 15.9 Å². The summed E-state index contributed by atoms with van der Waals surface area (Å²) < 4.78 is 29.6. The molecule has 0 aliphatic carbocycles. The van der Waals surface area contributed by atoms with Gasteiger partial charge in [0.25, 0.3) is 5.91 Å². The Bertz CT molecular complexity index is 2320. The zero-order valence-electron chi connectivity index (χ0n) is 33.9. The minimum atomic E-state index is -0.500. The third kappa shape index (κ3) is 8.77. The molecular formula is C42H51FN9O4P. The summed E-state index contributed by atoms with van der Waals surface area (Å²) in [7, 11) is 9.32. The Morgan fingerprint density at radius 1 is 1.09 bits per heavy atom. The molecule has 3 atom stereocenters. The van der Waals surface area contributed by atoms with Crippen molar-refractivity contribution in [1.82, 2.24) is 34.5 Å². The smallest absolute Gasteiger partial charge is 0.291 e. The maximum Gasteiger partial charge on any atom is 0.291 e. The highest BCUT2D eigenvalue weighted by molar-refractivity contribution is 7.27. The first-order valence-corrected chi connectivity index (χ1v) is 19.6.